The van der Waals surface area contributed by atoms with E-state index in [0.29, 0.717) is 37.3 Å². The molecule has 1 aromatic carbocycles. The number of carbonyl (C=O) groups is 2. The van der Waals surface area contributed by atoms with Gasteiger partial charge in [0.25, 0.3) is 5.91 Å². The molecule has 0 bridgehead atoms. The fourth-order valence-corrected chi connectivity index (χ4v) is 2.01. The summed E-state index contributed by atoms with van der Waals surface area (Å²) in [5.41, 5.74) is 6.54. The second-order valence-corrected chi connectivity index (χ2v) is 4.42. The molecule has 1 aromatic rings. The molecule has 100 valence electrons. The second kappa shape index (κ2) is 5.51. The highest BCUT2D eigenvalue weighted by atomic mass is 16.2. The van der Waals surface area contributed by atoms with E-state index in [2.05, 4.69) is 0 Å². The predicted molar refractivity (Wildman–Crippen MR) is 71.0 cm³/mol. The molecular formula is C13H16N4O2. The van der Waals surface area contributed by atoms with Crippen LogP contribution in [0.1, 0.15) is 15.9 Å². The van der Waals surface area contributed by atoms with Gasteiger partial charge in [-0.1, -0.05) is 12.1 Å². The minimum Gasteiger partial charge on any atom is -0.384 e. The van der Waals surface area contributed by atoms with Crippen molar-refractivity contribution >= 4 is 18.2 Å². The molecule has 2 rings (SSSR count). The van der Waals surface area contributed by atoms with E-state index in [1.807, 2.05) is 0 Å². The summed E-state index contributed by atoms with van der Waals surface area (Å²) in [6, 6.07) is 6.67. The highest BCUT2D eigenvalue weighted by Gasteiger charge is 2.21. The number of nitrogens with zero attached hydrogens (tertiary/aromatic N) is 2. The van der Waals surface area contributed by atoms with Crippen molar-refractivity contribution in [3.05, 3.63) is 35.4 Å². The highest BCUT2D eigenvalue weighted by Crippen LogP contribution is 2.09. The van der Waals surface area contributed by atoms with Crippen molar-refractivity contribution in [1.82, 2.24) is 9.80 Å². The van der Waals surface area contributed by atoms with Gasteiger partial charge in [0.1, 0.15) is 5.84 Å². The molecule has 2 amide bonds. The van der Waals surface area contributed by atoms with E-state index in [0.717, 1.165) is 6.41 Å². The summed E-state index contributed by atoms with van der Waals surface area (Å²) >= 11 is 0. The van der Waals surface area contributed by atoms with E-state index in [1.165, 1.54) is 0 Å². The number of piperazine rings is 1. The molecule has 0 aromatic heterocycles. The summed E-state index contributed by atoms with van der Waals surface area (Å²) < 4.78 is 0. The maximum atomic E-state index is 12.2. The first-order valence-corrected chi connectivity index (χ1v) is 6.05. The molecule has 1 fully saturated rings. The average Bonchev–Trinajstić information content (AvgIpc) is 2.46. The lowest BCUT2D eigenvalue weighted by atomic mass is 10.1. The Balaban J connectivity index is 2.04. The molecular weight excluding hydrogens is 244 g/mol. The monoisotopic (exact) mass is 260 g/mol. The van der Waals surface area contributed by atoms with Crippen LogP contribution in [0.2, 0.25) is 0 Å². The molecule has 1 aliphatic rings. The van der Waals surface area contributed by atoms with Gasteiger partial charge in [-0.2, -0.15) is 0 Å². The number of carbonyl (C=O) groups excluding carboxylic acids is 2. The summed E-state index contributed by atoms with van der Waals surface area (Å²) in [6.45, 7) is 2.24. The Morgan fingerprint density at radius 3 is 2.11 bits per heavy atom. The molecule has 3 N–H and O–H groups in total. The molecule has 1 saturated heterocycles. The molecule has 0 aliphatic carbocycles. The number of nitrogen functional groups attached to an aromatic ring is 1. The molecule has 0 saturated carbocycles. The third kappa shape index (κ3) is 2.90. The molecule has 0 radical (unpaired) electrons. The normalized spacial score (nSPS) is 15.2. The van der Waals surface area contributed by atoms with Crippen LogP contribution in [0.5, 0.6) is 0 Å². The summed E-state index contributed by atoms with van der Waals surface area (Å²) in [6.07, 6.45) is 0.809. The average molecular weight is 260 g/mol. The van der Waals surface area contributed by atoms with E-state index >= 15 is 0 Å². The third-order valence-electron chi connectivity index (χ3n) is 3.19. The van der Waals surface area contributed by atoms with Crippen molar-refractivity contribution in [2.75, 3.05) is 26.2 Å². The number of hydrogen-bond acceptors (Lipinski definition) is 3. The van der Waals surface area contributed by atoms with Gasteiger partial charge in [0.2, 0.25) is 6.41 Å². The Hall–Kier alpha value is -2.37. The van der Waals surface area contributed by atoms with Crippen LogP contribution in [-0.4, -0.2) is 54.1 Å². The largest absolute Gasteiger partial charge is 0.384 e. The topological polar surface area (TPSA) is 90.5 Å². The van der Waals surface area contributed by atoms with E-state index in [1.54, 1.807) is 34.1 Å². The van der Waals surface area contributed by atoms with Crippen LogP contribution >= 0.6 is 0 Å². The van der Waals surface area contributed by atoms with Crippen LogP contribution in [0.25, 0.3) is 0 Å². The van der Waals surface area contributed by atoms with E-state index < -0.39 is 0 Å². The molecule has 1 aliphatic heterocycles. The molecule has 19 heavy (non-hydrogen) atoms. The van der Waals surface area contributed by atoms with Crippen LogP contribution in [0, 0.1) is 5.41 Å². The maximum absolute atomic E-state index is 12.2. The lowest BCUT2D eigenvalue weighted by Crippen LogP contribution is -2.48. The Morgan fingerprint density at radius 2 is 1.63 bits per heavy atom. The summed E-state index contributed by atoms with van der Waals surface area (Å²) in [7, 11) is 0. The SMILES string of the molecule is N=C(N)c1ccc(C(=O)N2CCN(C=O)CC2)cc1. The molecule has 0 unspecified atom stereocenters. The number of nitrogens with one attached hydrogen (secondary N) is 1. The number of rotatable bonds is 3. The Kier molecular flexibility index (Phi) is 3.79. The van der Waals surface area contributed by atoms with Crippen LogP contribution in [-0.2, 0) is 4.79 Å². The van der Waals surface area contributed by atoms with Gasteiger partial charge in [-0.05, 0) is 12.1 Å². The van der Waals surface area contributed by atoms with Gasteiger partial charge in [0, 0.05) is 37.3 Å². The Bertz CT molecular complexity index is 490. The first-order chi connectivity index (χ1) is 9.11. The van der Waals surface area contributed by atoms with Crippen molar-refractivity contribution < 1.29 is 9.59 Å². The molecule has 1 heterocycles. The molecule has 6 nitrogen and oxygen atoms in total. The summed E-state index contributed by atoms with van der Waals surface area (Å²) in [5.74, 6) is -0.0701. The quantitative estimate of drug-likeness (QED) is 0.451. The molecule has 0 spiro atoms. The van der Waals surface area contributed by atoms with Crippen molar-refractivity contribution in [3.63, 3.8) is 0 Å². The number of nitrogens with two attached hydrogens (primary N) is 1. The minimum absolute atomic E-state index is 0.0152. The summed E-state index contributed by atoms with van der Waals surface area (Å²) in [4.78, 5) is 26.2. The highest BCUT2D eigenvalue weighted by molar-refractivity contribution is 5.98. The van der Waals surface area contributed by atoms with Crippen LogP contribution in [0.3, 0.4) is 0 Å². The smallest absolute Gasteiger partial charge is 0.253 e. The lowest BCUT2D eigenvalue weighted by molar-refractivity contribution is -0.119. The van der Waals surface area contributed by atoms with Gasteiger partial charge < -0.3 is 15.5 Å². The number of hydrogen-bond donors (Lipinski definition) is 2. The predicted octanol–water partition coefficient (Wildman–Crippen LogP) is -0.115. The Morgan fingerprint density at radius 1 is 1.11 bits per heavy atom. The fraction of sp³-hybridized carbons (Fsp3) is 0.308. The Labute approximate surface area is 111 Å². The van der Waals surface area contributed by atoms with Crippen LogP contribution in [0.15, 0.2) is 24.3 Å². The van der Waals surface area contributed by atoms with Crippen LogP contribution in [0.4, 0.5) is 0 Å². The second-order valence-electron chi connectivity index (χ2n) is 4.42. The lowest BCUT2D eigenvalue weighted by Gasteiger charge is -2.32. The van der Waals surface area contributed by atoms with Crippen LogP contribution < -0.4 is 5.73 Å². The maximum Gasteiger partial charge on any atom is 0.253 e. The fourth-order valence-electron chi connectivity index (χ4n) is 2.01. The van der Waals surface area contributed by atoms with E-state index in [4.69, 9.17) is 11.1 Å². The van der Waals surface area contributed by atoms with Crippen molar-refractivity contribution in [3.8, 4) is 0 Å². The number of benzene rings is 1. The van der Waals surface area contributed by atoms with Crippen molar-refractivity contribution in [2.45, 2.75) is 0 Å². The van der Waals surface area contributed by atoms with Gasteiger partial charge in [0.05, 0.1) is 0 Å². The first-order valence-electron chi connectivity index (χ1n) is 6.05. The first kappa shape index (κ1) is 13.1. The van der Waals surface area contributed by atoms with Gasteiger partial charge in [-0.15, -0.1) is 0 Å². The summed E-state index contributed by atoms with van der Waals surface area (Å²) in [5, 5.41) is 7.30. The van der Waals surface area contributed by atoms with Crippen molar-refractivity contribution in [1.29, 1.82) is 5.41 Å². The zero-order chi connectivity index (χ0) is 13.8. The van der Waals surface area contributed by atoms with E-state index in [-0.39, 0.29) is 11.7 Å². The number of amides is 2. The zero-order valence-electron chi connectivity index (χ0n) is 10.5. The van der Waals surface area contributed by atoms with Gasteiger partial charge >= 0.3 is 0 Å². The van der Waals surface area contributed by atoms with Crippen molar-refractivity contribution in [2.24, 2.45) is 5.73 Å². The standard InChI is InChI=1S/C13H16N4O2/c14-12(15)10-1-3-11(4-2-10)13(19)17-7-5-16(9-18)6-8-17/h1-4,9H,5-8H2,(H3,14,15). The van der Waals surface area contributed by atoms with Gasteiger partial charge in [-0.25, -0.2) is 0 Å². The zero-order valence-corrected chi connectivity index (χ0v) is 10.5. The third-order valence-corrected chi connectivity index (χ3v) is 3.19. The number of amidine groups is 1. The van der Waals surface area contributed by atoms with E-state index in [9.17, 15) is 9.59 Å². The van der Waals surface area contributed by atoms with Gasteiger partial charge in [0.15, 0.2) is 0 Å². The molecule has 6 heteroatoms. The molecule has 0 atom stereocenters. The van der Waals surface area contributed by atoms with Gasteiger partial charge in [-0.3, -0.25) is 15.0 Å². The minimum atomic E-state index is -0.0550.